The first-order valence-corrected chi connectivity index (χ1v) is 6.85. The summed E-state index contributed by atoms with van der Waals surface area (Å²) >= 11 is 5.85. The van der Waals surface area contributed by atoms with Crippen molar-refractivity contribution < 1.29 is 0 Å². The van der Waals surface area contributed by atoms with Crippen LogP contribution in [0.1, 0.15) is 0 Å². The molecular formula is C15H11BClN3. The van der Waals surface area contributed by atoms with Crippen molar-refractivity contribution in [1.82, 2.24) is 4.98 Å². The summed E-state index contributed by atoms with van der Waals surface area (Å²) in [6.07, 6.45) is 1.79. The van der Waals surface area contributed by atoms with E-state index in [1.54, 1.807) is 12.3 Å². The zero-order chi connectivity index (χ0) is 13.5. The number of nitrogens with one attached hydrogen (secondary N) is 2. The molecule has 2 N–H and O–H groups in total. The Balaban J connectivity index is 1.81. The molecule has 3 aromatic rings. The van der Waals surface area contributed by atoms with Gasteiger partial charge in [-0.1, -0.05) is 41.9 Å². The second-order valence-electron chi connectivity index (χ2n) is 4.85. The summed E-state index contributed by atoms with van der Waals surface area (Å²) < 4.78 is 0. The first kappa shape index (κ1) is 11.6. The molecule has 0 amide bonds. The number of nitrogens with zero attached hydrogens (tertiary/aromatic N) is 1. The van der Waals surface area contributed by atoms with Crippen LogP contribution in [0.2, 0.25) is 5.15 Å². The molecule has 4 rings (SSSR count). The van der Waals surface area contributed by atoms with Gasteiger partial charge in [0.2, 0.25) is 0 Å². The number of pyridine rings is 1. The van der Waals surface area contributed by atoms with Crippen LogP contribution in [0, 0.1) is 0 Å². The van der Waals surface area contributed by atoms with Gasteiger partial charge in [0, 0.05) is 23.0 Å². The van der Waals surface area contributed by atoms with E-state index < -0.39 is 0 Å². The van der Waals surface area contributed by atoms with Gasteiger partial charge in [0.1, 0.15) is 5.15 Å². The van der Waals surface area contributed by atoms with Crippen LogP contribution in [0.3, 0.4) is 0 Å². The van der Waals surface area contributed by atoms with Crippen LogP contribution in [0.15, 0.2) is 54.7 Å². The minimum absolute atomic E-state index is 0.000247. The predicted octanol–water partition coefficient (Wildman–Crippen LogP) is 3.12. The summed E-state index contributed by atoms with van der Waals surface area (Å²) in [6, 6.07) is 16.4. The first-order chi connectivity index (χ1) is 9.81. The van der Waals surface area contributed by atoms with Crippen molar-refractivity contribution in [3.63, 3.8) is 0 Å². The molecule has 0 saturated heterocycles. The average molecular weight is 280 g/mol. The molecule has 1 aromatic heterocycles. The van der Waals surface area contributed by atoms with Crippen LogP contribution in [-0.2, 0) is 0 Å². The molecule has 1 aliphatic rings. The number of rotatable bonds is 1. The van der Waals surface area contributed by atoms with Crippen molar-refractivity contribution >= 4 is 46.2 Å². The van der Waals surface area contributed by atoms with Gasteiger partial charge in [0.15, 0.2) is 0 Å². The van der Waals surface area contributed by atoms with Crippen molar-refractivity contribution in [2.45, 2.75) is 0 Å². The molecule has 20 heavy (non-hydrogen) atoms. The van der Waals surface area contributed by atoms with E-state index >= 15 is 0 Å². The quantitative estimate of drug-likeness (QED) is 0.531. The average Bonchev–Trinajstić information content (AvgIpc) is 2.48. The zero-order valence-corrected chi connectivity index (χ0v) is 11.4. The van der Waals surface area contributed by atoms with Crippen molar-refractivity contribution in [2.24, 2.45) is 0 Å². The number of anilines is 2. The maximum atomic E-state index is 5.85. The molecule has 0 unspecified atom stereocenters. The van der Waals surface area contributed by atoms with Gasteiger partial charge in [-0.2, -0.15) is 0 Å². The Morgan fingerprint density at radius 2 is 1.60 bits per heavy atom. The van der Waals surface area contributed by atoms with E-state index in [0.29, 0.717) is 5.15 Å². The molecule has 0 radical (unpaired) electrons. The Labute approximate surface area is 122 Å². The van der Waals surface area contributed by atoms with Crippen LogP contribution in [-0.4, -0.2) is 12.0 Å². The molecule has 0 spiro atoms. The molecule has 0 aliphatic carbocycles. The standard InChI is InChI=1S/C15H11BClN3/c17-14-8-7-11(9-18-14)16-19-12-5-1-3-10-4-2-6-13(20-16)15(10)12/h1-9,19-20H. The fourth-order valence-electron chi connectivity index (χ4n) is 2.65. The lowest BCUT2D eigenvalue weighted by molar-refractivity contribution is 1.34. The Morgan fingerprint density at radius 1 is 0.900 bits per heavy atom. The molecule has 0 atom stereocenters. The normalized spacial score (nSPS) is 12.9. The van der Waals surface area contributed by atoms with Gasteiger partial charge in [-0.05, 0) is 29.0 Å². The van der Waals surface area contributed by atoms with Crippen molar-refractivity contribution in [2.75, 3.05) is 10.5 Å². The Morgan fingerprint density at radius 3 is 2.20 bits per heavy atom. The SMILES string of the molecule is Clc1ccc(B2Nc3cccc4cccc(c34)N2)cn1. The summed E-state index contributed by atoms with van der Waals surface area (Å²) in [5, 5.41) is 9.97. The summed E-state index contributed by atoms with van der Waals surface area (Å²) in [7, 11) is 0. The number of halogens is 1. The van der Waals surface area contributed by atoms with E-state index in [1.165, 1.54) is 10.8 Å². The van der Waals surface area contributed by atoms with Gasteiger partial charge in [-0.15, -0.1) is 0 Å². The highest BCUT2D eigenvalue weighted by Gasteiger charge is 2.25. The summed E-state index contributed by atoms with van der Waals surface area (Å²) in [5.74, 6) is 0. The smallest absolute Gasteiger partial charge is 0.405 e. The van der Waals surface area contributed by atoms with Gasteiger partial charge < -0.3 is 10.5 Å². The molecule has 3 nitrogen and oxygen atoms in total. The molecule has 1 aliphatic heterocycles. The third-order valence-corrected chi connectivity index (χ3v) is 3.81. The molecule has 0 fully saturated rings. The number of benzene rings is 2. The fourth-order valence-corrected chi connectivity index (χ4v) is 2.77. The largest absolute Gasteiger partial charge is 0.407 e. The first-order valence-electron chi connectivity index (χ1n) is 6.47. The Bertz CT molecular complexity index is 748. The van der Waals surface area contributed by atoms with Crippen LogP contribution in [0.4, 0.5) is 11.4 Å². The van der Waals surface area contributed by atoms with Gasteiger partial charge in [0.05, 0.1) is 0 Å². The minimum Gasteiger partial charge on any atom is -0.405 e. The second kappa shape index (κ2) is 4.42. The van der Waals surface area contributed by atoms with Gasteiger partial charge in [-0.3, -0.25) is 0 Å². The maximum Gasteiger partial charge on any atom is 0.407 e. The number of aromatic nitrogens is 1. The van der Waals surface area contributed by atoms with Gasteiger partial charge in [-0.25, -0.2) is 4.98 Å². The zero-order valence-electron chi connectivity index (χ0n) is 10.6. The third-order valence-electron chi connectivity index (χ3n) is 3.59. The van der Waals surface area contributed by atoms with E-state index in [1.807, 2.05) is 6.07 Å². The van der Waals surface area contributed by atoms with Crippen LogP contribution in [0.5, 0.6) is 0 Å². The van der Waals surface area contributed by atoms with E-state index in [0.717, 1.165) is 16.8 Å². The molecule has 2 heterocycles. The topological polar surface area (TPSA) is 37.0 Å². The van der Waals surface area contributed by atoms with E-state index in [9.17, 15) is 0 Å². The molecule has 0 saturated carbocycles. The third kappa shape index (κ3) is 1.81. The molecule has 5 heteroatoms. The molecule has 96 valence electrons. The van der Waals surface area contributed by atoms with E-state index in [-0.39, 0.29) is 6.98 Å². The Hall–Kier alpha value is -2.20. The maximum absolute atomic E-state index is 5.85. The Kier molecular flexibility index (Phi) is 2.57. The van der Waals surface area contributed by atoms with Gasteiger partial charge >= 0.3 is 6.98 Å². The molecular weight excluding hydrogens is 268 g/mol. The summed E-state index contributed by atoms with van der Waals surface area (Å²) in [5.41, 5.74) is 3.33. The van der Waals surface area contributed by atoms with Crippen molar-refractivity contribution in [1.29, 1.82) is 0 Å². The molecule has 2 aromatic carbocycles. The number of hydrogen-bond donors (Lipinski definition) is 2. The van der Waals surface area contributed by atoms with Crippen molar-refractivity contribution in [3.8, 4) is 0 Å². The highest BCUT2D eigenvalue weighted by atomic mass is 35.5. The van der Waals surface area contributed by atoms with E-state index in [2.05, 4.69) is 51.8 Å². The van der Waals surface area contributed by atoms with E-state index in [4.69, 9.17) is 11.6 Å². The highest BCUT2D eigenvalue weighted by Crippen LogP contribution is 2.33. The van der Waals surface area contributed by atoms with Crippen LogP contribution < -0.4 is 15.9 Å². The minimum atomic E-state index is 0.000247. The van der Waals surface area contributed by atoms with Crippen molar-refractivity contribution in [3.05, 3.63) is 59.9 Å². The summed E-state index contributed by atoms with van der Waals surface area (Å²) in [4.78, 5) is 4.14. The fraction of sp³-hybridized carbons (Fsp3) is 0. The molecule has 0 bridgehead atoms. The predicted molar refractivity (Wildman–Crippen MR) is 85.8 cm³/mol. The van der Waals surface area contributed by atoms with Gasteiger partial charge in [0.25, 0.3) is 0 Å². The number of hydrogen-bond acceptors (Lipinski definition) is 3. The lowest BCUT2D eigenvalue weighted by Gasteiger charge is -2.26. The van der Waals surface area contributed by atoms with Crippen LogP contribution >= 0.6 is 11.6 Å². The summed E-state index contributed by atoms with van der Waals surface area (Å²) in [6.45, 7) is 0.000247. The second-order valence-corrected chi connectivity index (χ2v) is 5.23. The lowest BCUT2D eigenvalue weighted by atomic mass is 9.67. The monoisotopic (exact) mass is 279 g/mol. The van der Waals surface area contributed by atoms with Crippen LogP contribution in [0.25, 0.3) is 10.8 Å². The lowest BCUT2D eigenvalue weighted by Crippen LogP contribution is -2.47. The highest BCUT2D eigenvalue weighted by molar-refractivity contribution is 6.80.